The van der Waals surface area contributed by atoms with Crippen LogP contribution < -0.4 is 10.5 Å². The highest BCUT2D eigenvalue weighted by molar-refractivity contribution is 7.89. The summed E-state index contributed by atoms with van der Waals surface area (Å²) in [6.45, 7) is 4.62. The molecule has 208 valence electrons. The van der Waals surface area contributed by atoms with E-state index in [2.05, 4.69) is 9.62 Å². The van der Waals surface area contributed by atoms with E-state index in [0.717, 1.165) is 29.7 Å². The molecular formula is C26H38N6O5S. The fourth-order valence-corrected chi connectivity index (χ4v) is 6.78. The summed E-state index contributed by atoms with van der Waals surface area (Å²) < 4.78 is 29.8. The van der Waals surface area contributed by atoms with Gasteiger partial charge in [-0.25, -0.2) is 13.2 Å². The van der Waals surface area contributed by atoms with Crippen LogP contribution in [0.4, 0.5) is 0 Å². The number of hydrogen-bond acceptors (Lipinski definition) is 6. The first-order chi connectivity index (χ1) is 17.9. The average Bonchev–Trinajstić information content (AvgIpc) is 2.87. The maximum absolute atomic E-state index is 13.8. The Labute approximate surface area is 224 Å². The fourth-order valence-electron chi connectivity index (χ4n) is 5.54. The van der Waals surface area contributed by atoms with E-state index < -0.39 is 34.0 Å². The molecule has 1 aromatic rings. The summed E-state index contributed by atoms with van der Waals surface area (Å²) in [6, 6.07) is 2.86. The number of nitrogens with two attached hydrogens (primary N) is 1. The number of carbonyl (C=O) groups excluding carboxylic acids is 1. The predicted octanol–water partition coefficient (Wildman–Crippen LogP) is 0.949. The van der Waals surface area contributed by atoms with Crippen molar-refractivity contribution < 1.29 is 23.1 Å². The summed E-state index contributed by atoms with van der Waals surface area (Å²) in [5.41, 5.74) is 8.49. The molecule has 0 bridgehead atoms. The maximum atomic E-state index is 13.8. The fraction of sp³-hybridized carbons (Fsp3) is 0.577. The number of amides is 1. The number of guanidine groups is 1. The van der Waals surface area contributed by atoms with Gasteiger partial charge in [0.1, 0.15) is 12.1 Å². The summed E-state index contributed by atoms with van der Waals surface area (Å²) in [7, 11) is -2.11. The van der Waals surface area contributed by atoms with Gasteiger partial charge in [0, 0.05) is 32.7 Å². The van der Waals surface area contributed by atoms with Crippen molar-refractivity contribution in [2.75, 3.05) is 33.2 Å². The molecule has 0 saturated carbocycles. The molecule has 11 nitrogen and oxygen atoms in total. The largest absolute Gasteiger partial charge is 0.480 e. The van der Waals surface area contributed by atoms with Crippen molar-refractivity contribution in [3.05, 3.63) is 41.0 Å². The SMILES string of the molecule is C[C@H]1CCN(C(=O)[C@H](CC2=CCCN(C(=N)N)C2)NS(=O)(=O)c2ccc3c(c2)CN(C)CC3)[C@H](C(=O)O)C1. The van der Waals surface area contributed by atoms with Crippen LogP contribution in [0, 0.1) is 11.3 Å². The van der Waals surface area contributed by atoms with Crippen molar-refractivity contribution in [2.24, 2.45) is 11.7 Å². The van der Waals surface area contributed by atoms with E-state index in [-0.39, 0.29) is 29.7 Å². The van der Waals surface area contributed by atoms with Crippen molar-refractivity contribution in [3.8, 4) is 0 Å². The van der Waals surface area contributed by atoms with Gasteiger partial charge in [0.15, 0.2) is 5.96 Å². The Morgan fingerprint density at radius 2 is 1.97 bits per heavy atom. The number of aliphatic carboxylic acids is 1. The quantitative estimate of drug-likeness (QED) is 0.223. The Morgan fingerprint density at radius 1 is 1.21 bits per heavy atom. The molecule has 0 radical (unpaired) electrons. The van der Waals surface area contributed by atoms with Crippen molar-refractivity contribution in [1.82, 2.24) is 19.4 Å². The van der Waals surface area contributed by atoms with Gasteiger partial charge in [-0.1, -0.05) is 24.6 Å². The van der Waals surface area contributed by atoms with Gasteiger partial charge in [-0.3, -0.25) is 10.2 Å². The van der Waals surface area contributed by atoms with E-state index in [1.165, 1.54) is 4.90 Å². The molecule has 3 aliphatic rings. The van der Waals surface area contributed by atoms with Gasteiger partial charge in [-0.05, 0) is 68.3 Å². The predicted molar refractivity (Wildman–Crippen MR) is 143 cm³/mol. The van der Waals surface area contributed by atoms with E-state index >= 15 is 0 Å². The lowest BCUT2D eigenvalue weighted by molar-refractivity contribution is -0.153. The van der Waals surface area contributed by atoms with Crippen LogP contribution in [-0.4, -0.2) is 91.4 Å². The molecule has 1 amide bonds. The van der Waals surface area contributed by atoms with Crippen LogP contribution in [0.1, 0.15) is 43.7 Å². The third-order valence-electron chi connectivity index (χ3n) is 7.75. The number of carboxylic acid groups (broad SMARTS) is 1. The second-order valence-corrected chi connectivity index (χ2v) is 12.5. The molecule has 0 aromatic heterocycles. The van der Waals surface area contributed by atoms with Crippen LogP contribution in [0.5, 0.6) is 0 Å². The number of nitrogens with one attached hydrogen (secondary N) is 2. The third kappa shape index (κ3) is 6.36. The molecule has 3 heterocycles. The molecule has 3 atom stereocenters. The van der Waals surface area contributed by atoms with Crippen LogP contribution in [0.2, 0.25) is 0 Å². The van der Waals surface area contributed by atoms with E-state index in [4.69, 9.17) is 11.1 Å². The van der Waals surface area contributed by atoms with Crippen molar-refractivity contribution in [2.45, 2.75) is 62.6 Å². The molecule has 0 aliphatic carbocycles. The number of piperidine rings is 1. The van der Waals surface area contributed by atoms with Gasteiger partial charge in [-0.15, -0.1) is 0 Å². The minimum Gasteiger partial charge on any atom is -0.480 e. The van der Waals surface area contributed by atoms with Crippen LogP contribution in [-0.2, 0) is 32.6 Å². The Hall–Kier alpha value is -2.96. The number of fused-ring (bicyclic) bond motifs is 1. The minimum absolute atomic E-state index is 0.0634. The number of carbonyl (C=O) groups is 2. The average molecular weight is 547 g/mol. The standard InChI is InChI=1S/C26H38N6O5S/c1-17-7-11-32(23(12-17)25(34)35)24(33)22(13-18-4-3-9-31(15-18)26(27)28)29-38(36,37)21-6-5-19-8-10-30(2)16-20(19)14-21/h4-6,14,17,22-23,29H,3,7-13,15-16H2,1-2H3,(H3,27,28)(H,34,35)/t17-,22-,23-/m0/s1. The number of carboxylic acids is 1. The summed E-state index contributed by atoms with van der Waals surface area (Å²) in [5.74, 6) is -1.58. The number of rotatable bonds is 7. The molecular weight excluding hydrogens is 508 g/mol. The zero-order valence-electron chi connectivity index (χ0n) is 22.0. The second kappa shape index (κ2) is 11.4. The first-order valence-corrected chi connectivity index (χ1v) is 14.6. The lowest BCUT2D eigenvalue weighted by atomic mass is 9.91. The Balaban J connectivity index is 1.63. The molecule has 1 fully saturated rings. The van der Waals surface area contributed by atoms with Crippen molar-refractivity contribution in [3.63, 3.8) is 0 Å². The van der Waals surface area contributed by atoms with Crippen molar-refractivity contribution >= 4 is 27.9 Å². The highest BCUT2D eigenvalue weighted by Gasteiger charge is 2.39. The normalized spacial score (nSPS) is 23.4. The number of sulfonamides is 1. The minimum atomic E-state index is -4.09. The first-order valence-electron chi connectivity index (χ1n) is 13.1. The first kappa shape index (κ1) is 28.1. The smallest absolute Gasteiger partial charge is 0.326 e. The molecule has 3 aliphatic heterocycles. The number of hydrogen-bond donors (Lipinski definition) is 4. The lowest BCUT2D eigenvalue weighted by Gasteiger charge is -2.38. The van der Waals surface area contributed by atoms with Gasteiger partial charge in [-0.2, -0.15) is 4.72 Å². The highest BCUT2D eigenvalue weighted by Crippen LogP contribution is 2.27. The van der Waals surface area contributed by atoms with E-state index in [0.29, 0.717) is 38.9 Å². The number of nitrogens with zero attached hydrogens (tertiary/aromatic N) is 3. The van der Waals surface area contributed by atoms with Gasteiger partial charge in [0.2, 0.25) is 15.9 Å². The van der Waals surface area contributed by atoms with E-state index in [1.807, 2.05) is 26.1 Å². The monoisotopic (exact) mass is 546 g/mol. The summed E-state index contributed by atoms with van der Waals surface area (Å²) in [4.78, 5) is 31.0. The molecule has 4 rings (SSSR count). The molecule has 38 heavy (non-hydrogen) atoms. The second-order valence-electron chi connectivity index (χ2n) is 10.8. The van der Waals surface area contributed by atoms with E-state index in [1.54, 1.807) is 17.0 Å². The van der Waals surface area contributed by atoms with Gasteiger partial charge >= 0.3 is 5.97 Å². The Bertz CT molecular complexity index is 1230. The third-order valence-corrected chi connectivity index (χ3v) is 9.22. The summed E-state index contributed by atoms with van der Waals surface area (Å²) in [5, 5.41) is 17.6. The summed E-state index contributed by atoms with van der Waals surface area (Å²) in [6.07, 6.45) is 4.42. The Morgan fingerprint density at radius 3 is 2.68 bits per heavy atom. The molecule has 1 saturated heterocycles. The van der Waals surface area contributed by atoms with Crippen LogP contribution in [0.25, 0.3) is 0 Å². The van der Waals surface area contributed by atoms with Gasteiger partial charge < -0.3 is 25.5 Å². The lowest BCUT2D eigenvalue weighted by Crippen LogP contribution is -2.56. The number of benzene rings is 1. The van der Waals surface area contributed by atoms with Crippen LogP contribution in [0.3, 0.4) is 0 Å². The van der Waals surface area contributed by atoms with Gasteiger partial charge in [0.25, 0.3) is 0 Å². The number of likely N-dealkylation sites (N-methyl/N-ethyl adjacent to an activating group) is 1. The Kier molecular flexibility index (Phi) is 8.43. The van der Waals surface area contributed by atoms with Crippen LogP contribution in [0.15, 0.2) is 34.7 Å². The maximum Gasteiger partial charge on any atom is 0.326 e. The topological polar surface area (TPSA) is 160 Å². The van der Waals surface area contributed by atoms with Crippen molar-refractivity contribution in [1.29, 1.82) is 5.41 Å². The highest BCUT2D eigenvalue weighted by atomic mass is 32.2. The molecule has 0 unspecified atom stereocenters. The molecule has 0 spiro atoms. The summed E-state index contributed by atoms with van der Waals surface area (Å²) >= 11 is 0. The molecule has 12 heteroatoms. The van der Waals surface area contributed by atoms with Gasteiger partial charge in [0.05, 0.1) is 4.90 Å². The van der Waals surface area contributed by atoms with Crippen LogP contribution >= 0.6 is 0 Å². The molecule has 5 N–H and O–H groups in total. The number of likely N-dealkylation sites (tertiary alicyclic amines) is 1. The molecule has 1 aromatic carbocycles. The zero-order valence-corrected chi connectivity index (χ0v) is 22.8. The zero-order chi connectivity index (χ0) is 27.6. The van der Waals surface area contributed by atoms with E-state index in [9.17, 15) is 23.1 Å².